The summed E-state index contributed by atoms with van der Waals surface area (Å²) >= 11 is 1.35. The lowest BCUT2D eigenvalue weighted by molar-refractivity contribution is -0.138. The van der Waals surface area contributed by atoms with Gasteiger partial charge in [-0.25, -0.2) is 4.39 Å². The molecule has 128 valence electrons. The van der Waals surface area contributed by atoms with Gasteiger partial charge in [0.1, 0.15) is 5.82 Å². The Labute approximate surface area is 150 Å². The summed E-state index contributed by atoms with van der Waals surface area (Å²) < 4.78 is 13.2. The molecule has 25 heavy (non-hydrogen) atoms. The summed E-state index contributed by atoms with van der Waals surface area (Å²) in [6, 6.07) is 15.2. The predicted octanol–water partition coefficient (Wildman–Crippen LogP) is 4.25. The molecule has 0 bridgehead atoms. The number of carbonyl (C=O) groups excluding carboxylic acids is 2. The second-order valence-corrected chi connectivity index (χ2v) is 7.04. The maximum Gasteiger partial charge on any atom is 0.268 e. The highest BCUT2D eigenvalue weighted by molar-refractivity contribution is 8.03. The molecule has 0 aromatic heterocycles. The first-order valence-corrected chi connectivity index (χ1v) is 9.02. The lowest BCUT2D eigenvalue weighted by Crippen LogP contribution is -2.37. The van der Waals surface area contributed by atoms with Gasteiger partial charge in [0, 0.05) is 11.8 Å². The lowest BCUT2D eigenvalue weighted by atomic mass is 10.1. The minimum atomic E-state index is -0.375. The summed E-state index contributed by atoms with van der Waals surface area (Å²) in [5.41, 5.74) is 2.00. The van der Waals surface area contributed by atoms with E-state index in [-0.39, 0.29) is 23.7 Å². The van der Waals surface area contributed by atoms with Crippen LogP contribution in [0.2, 0.25) is 0 Å². The Morgan fingerprint density at radius 3 is 2.20 bits per heavy atom. The number of imide groups is 1. The van der Waals surface area contributed by atoms with Gasteiger partial charge in [0.05, 0.1) is 10.5 Å². The quantitative estimate of drug-likeness (QED) is 0.753. The van der Waals surface area contributed by atoms with Gasteiger partial charge in [-0.2, -0.15) is 0 Å². The Bertz CT molecular complexity index is 829. The topological polar surface area (TPSA) is 37.4 Å². The average molecular weight is 355 g/mol. The average Bonchev–Trinajstić information content (AvgIpc) is 2.85. The Morgan fingerprint density at radius 1 is 0.960 bits per heavy atom. The third-order valence-electron chi connectivity index (χ3n) is 3.95. The molecule has 2 amide bonds. The zero-order chi connectivity index (χ0) is 18.0. The zero-order valence-corrected chi connectivity index (χ0v) is 14.8. The van der Waals surface area contributed by atoms with E-state index in [1.165, 1.54) is 28.8 Å². The van der Waals surface area contributed by atoms with Crippen molar-refractivity contribution in [1.29, 1.82) is 0 Å². The Morgan fingerprint density at radius 2 is 1.60 bits per heavy atom. The Kier molecular flexibility index (Phi) is 5.04. The molecule has 0 saturated carbocycles. The van der Waals surface area contributed by atoms with Gasteiger partial charge >= 0.3 is 0 Å². The normalized spacial score (nSPS) is 14.8. The van der Waals surface area contributed by atoms with Crippen molar-refractivity contribution < 1.29 is 14.0 Å². The van der Waals surface area contributed by atoms with Gasteiger partial charge < -0.3 is 0 Å². The number of thioether (sulfide) groups is 1. The number of halogens is 1. The lowest BCUT2D eigenvalue weighted by Gasteiger charge is -2.19. The monoisotopic (exact) mass is 355 g/mol. The predicted molar refractivity (Wildman–Crippen MR) is 98.0 cm³/mol. The second-order valence-electron chi connectivity index (χ2n) is 6.06. The molecule has 0 atom stereocenters. The van der Waals surface area contributed by atoms with Crippen LogP contribution in [-0.4, -0.2) is 22.8 Å². The van der Waals surface area contributed by atoms with Gasteiger partial charge in [0.15, 0.2) is 0 Å². The molecule has 0 aliphatic carbocycles. The van der Waals surface area contributed by atoms with Gasteiger partial charge in [-0.05, 0) is 37.1 Å². The number of hydrogen-bond acceptors (Lipinski definition) is 3. The van der Waals surface area contributed by atoms with Crippen molar-refractivity contribution in [3.05, 3.63) is 76.4 Å². The molecule has 0 radical (unpaired) electrons. The molecule has 1 aliphatic heterocycles. The van der Waals surface area contributed by atoms with Gasteiger partial charge in [0.2, 0.25) is 0 Å². The van der Waals surface area contributed by atoms with E-state index < -0.39 is 0 Å². The van der Waals surface area contributed by atoms with E-state index in [1.807, 2.05) is 44.2 Å². The van der Waals surface area contributed by atoms with Crippen LogP contribution in [0.5, 0.6) is 0 Å². The minimum absolute atomic E-state index is 0.231. The van der Waals surface area contributed by atoms with Crippen molar-refractivity contribution in [3.8, 4) is 0 Å². The largest absolute Gasteiger partial charge is 0.271 e. The van der Waals surface area contributed by atoms with Crippen LogP contribution in [0.1, 0.15) is 25.0 Å². The summed E-state index contributed by atoms with van der Waals surface area (Å²) in [7, 11) is 0. The maximum absolute atomic E-state index is 13.2. The molecule has 0 fully saturated rings. The van der Waals surface area contributed by atoms with Gasteiger partial charge in [-0.3, -0.25) is 14.5 Å². The van der Waals surface area contributed by atoms with Crippen molar-refractivity contribution in [1.82, 2.24) is 4.90 Å². The van der Waals surface area contributed by atoms with E-state index in [1.54, 1.807) is 12.1 Å². The number of benzene rings is 2. The standard InChI is InChI=1S/C20H18FNO2S/c1-13(2)22-19(23)17(15-8-10-16(21)11-9-15)18(20(22)24)25-12-14-6-4-3-5-7-14/h3-11,13H,12H2,1-2H3. The number of amides is 2. The van der Waals surface area contributed by atoms with Crippen molar-refractivity contribution in [2.75, 3.05) is 0 Å². The summed E-state index contributed by atoms with van der Waals surface area (Å²) in [4.78, 5) is 27.3. The molecular weight excluding hydrogens is 337 g/mol. The van der Waals surface area contributed by atoms with Crippen molar-refractivity contribution >= 4 is 29.1 Å². The first-order valence-electron chi connectivity index (χ1n) is 8.04. The van der Waals surface area contributed by atoms with Crippen molar-refractivity contribution in [2.24, 2.45) is 0 Å². The first kappa shape index (κ1) is 17.4. The van der Waals surface area contributed by atoms with Crippen molar-refractivity contribution in [3.63, 3.8) is 0 Å². The molecule has 2 aromatic rings. The van der Waals surface area contributed by atoms with Crippen LogP contribution in [0, 0.1) is 5.82 Å². The Hall–Kier alpha value is -2.40. The number of rotatable bonds is 5. The first-order chi connectivity index (χ1) is 12.0. The number of carbonyl (C=O) groups is 2. The molecule has 5 heteroatoms. The fourth-order valence-corrected chi connectivity index (χ4v) is 3.80. The molecule has 1 heterocycles. The third-order valence-corrected chi connectivity index (χ3v) is 5.09. The van der Waals surface area contributed by atoms with Crippen LogP contribution in [0.4, 0.5) is 4.39 Å². The van der Waals surface area contributed by atoms with Crippen LogP contribution in [-0.2, 0) is 15.3 Å². The SMILES string of the molecule is CC(C)N1C(=O)C(SCc2ccccc2)=C(c2ccc(F)cc2)C1=O. The number of hydrogen-bond donors (Lipinski definition) is 0. The summed E-state index contributed by atoms with van der Waals surface area (Å²) in [6.45, 7) is 3.62. The third kappa shape index (κ3) is 3.51. The minimum Gasteiger partial charge on any atom is -0.271 e. The van der Waals surface area contributed by atoms with Gasteiger partial charge in [-0.15, -0.1) is 11.8 Å². The molecule has 2 aromatic carbocycles. The summed E-state index contributed by atoms with van der Waals surface area (Å²) in [5, 5.41) is 0. The van der Waals surface area contributed by atoms with Crippen LogP contribution in [0.25, 0.3) is 5.57 Å². The van der Waals surface area contributed by atoms with Crippen LogP contribution >= 0.6 is 11.8 Å². The zero-order valence-electron chi connectivity index (χ0n) is 14.0. The van der Waals surface area contributed by atoms with E-state index in [4.69, 9.17) is 0 Å². The highest BCUT2D eigenvalue weighted by Crippen LogP contribution is 2.38. The Balaban J connectivity index is 1.98. The van der Waals surface area contributed by atoms with E-state index in [0.29, 0.717) is 21.8 Å². The molecule has 0 spiro atoms. The van der Waals surface area contributed by atoms with E-state index in [2.05, 4.69) is 0 Å². The molecule has 0 saturated heterocycles. The molecule has 0 N–H and O–H groups in total. The van der Waals surface area contributed by atoms with E-state index in [9.17, 15) is 14.0 Å². The fraction of sp³-hybridized carbons (Fsp3) is 0.200. The number of nitrogens with zero attached hydrogens (tertiary/aromatic N) is 1. The summed E-state index contributed by atoms with van der Waals surface area (Å²) in [5.74, 6) is -0.381. The van der Waals surface area contributed by atoms with E-state index >= 15 is 0 Å². The fourth-order valence-electron chi connectivity index (χ4n) is 2.73. The summed E-state index contributed by atoms with van der Waals surface area (Å²) in [6.07, 6.45) is 0. The molecular formula is C20H18FNO2S. The second kappa shape index (κ2) is 7.23. The molecule has 3 nitrogen and oxygen atoms in total. The van der Waals surface area contributed by atoms with Crippen LogP contribution in [0.3, 0.4) is 0 Å². The van der Waals surface area contributed by atoms with Crippen molar-refractivity contribution in [2.45, 2.75) is 25.6 Å². The van der Waals surface area contributed by atoms with Crippen LogP contribution < -0.4 is 0 Å². The maximum atomic E-state index is 13.2. The highest BCUT2D eigenvalue weighted by atomic mass is 32.2. The highest BCUT2D eigenvalue weighted by Gasteiger charge is 2.40. The van der Waals surface area contributed by atoms with Crippen LogP contribution in [0.15, 0.2) is 59.5 Å². The molecule has 0 unspecified atom stereocenters. The van der Waals surface area contributed by atoms with Gasteiger partial charge in [0.25, 0.3) is 11.8 Å². The smallest absolute Gasteiger partial charge is 0.268 e. The van der Waals surface area contributed by atoms with Gasteiger partial charge in [-0.1, -0.05) is 42.5 Å². The molecule has 3 rings (SSSR count). The van der Waals surface area contributed by atoms with E-state index in [0.717, 1.165) is 5.56 Å². The molecule has 1 aliphatic rings.